The zero-order valence-corrected chi connectivity index (χ0v) is 11.7. The maximum absolute atomic E-state index is 10.7. The van der Waals surface area contributed by atoms with E-state index in [2.05, 4.69) is 10.5 Å². The van der Waals surface area contributed by atoms with Crippen LogP contribution in [0.4, 0.5) is 11.4 Å². The number of nitro benzene ring substituents is 1. The van der Waals surface area contributed by atoms with Gasteiger partial charge in [0.15, 0.2) is 0 Å². The molecule has 0 unspecified atom stereocenters. The summed E-state index contributed by atoms with van der Waals surface area (Å²) in [5.74, 6) is -0.997. The van der Waals surface area contributed by atoms with Gasteiger partial charge in [-0.3, -0.25) is 15.5 Å². The Labute approximate surface area is 126 Å². The van der Waals surface area contributed by atoms with E-state index in [1.807, 2.05) is 0 Å². The van der Waals surface area contributed by atoms with E-state index in [4.69, 9.17) is 5.11 Å². The highest BCUT2D eigenvalue weighted by molar-refractivity contribution is 5.99. The third kappa shape index (κ3) is 3.66. The van der Waals surface area contributed by atoms with Crippen molar-refractivity contribution < 1.29 is 14.8 Å². The second kappa shape index (κ2) is 6.49. The number of carbonyl (C=O) groups is 1. The van der Waals surface area contributed by atoms with Crippen molar-refractivity contribution in [1.82, 2.24) is 0 Å². The van der Waals surface area contributed by atoms with E-state index >= 15 is 0 Å². The number of nitrogens with zero attached hydrogens (tertiary/aromatic N) is 2. The van der Waals surface area contributed by atoms with Crippen molar-refractivity contribution in [1.29, 1.82) is 0 Å². The Bertz CT molecular complexity index is 739. The SMILES string of the molecule is C/C(=N\Nc1ccc(C(=O)O)cc1)c1cccc([N+](=O)[O-])c1. The number of aromatic carboxylic acids is 1. The number of nitrogens with one attached hydrogen (secondary N) is 1. The largest absolute Gasteiger partial charge is 0.478 e. The Morgan fingerprint density at radius 2 is 1.86 bits per heavy atom. The number of anilines is 1. The van der Waals surface area contributed by atoms with Gasteiger partial charge in [0.2, 0.25) is 0 Å². The van der Waals surface area contributed by atoms with Crippen molar-refractivity contribution in [2.75, 3.05) is 5.43 Å². The quantitative estimate of drug-likeness (QED) is 0.501. The first-order chi connectivity index (χ1) is 10.5. The summed E-state index contributed by atoms with van der Waals surface area (Å²) in [6.07, 6.45) is 0. The minimum Gasteiger partial charge on any atom is -0.478 e. The van der Waals surface area contributed by atoms with Crippen LogP contribution in [0.15, 0.2) is 53.6 Å². The summed E-state index contributed by atoms with van der Waals surface area (Å²) in [6.45, 7) is 1.72. The number of carboxylic acids is 1. The van der Waals surface area contributed by atoms with E-state index < -0.39 is 10.9 Å². The fourth-order valence-electron chi connectivity index (χ4n) is 1.74. The van der Waals surface area contributed by atoms with Crippen molar-refractivity contribution in [2.24, 2.45) is 5.10 Å². The molecule has 0 radical (unpaired) electrons. The first-order valence-corrected chi connectivity index (χ1v) is 6.36. The Morgan fingerprint density at radius 1 is 1.18 bits per heavy atom. The van der Waals surface area contributed by atoms with Crippen molar-refractivity contribution in [2.45, 2.75) is 6.92 Å². The second-order valence-corrected chi connectivity index (χ2v) is 4.50. The maximum Gasteiger partial charge on any atom is 0.335 e. The lowest BCUT2D eigenvalue weighted by molar-refractivity contribution is -0.384. The Hall–Kier alpha value is -3.22. The third-order valence-corrected chi connectivity index (χ3v) is 2.96. The fourth-order valence-corrected chi connectivity index (χ4v) is 1.74. The topological polar surface area (TPSA) is 105 Å². The van der Waals surface area contributed by atoms with E-state index in [9.17, 15) is 14.9 Å². The molecule has 0 atom stereocenters. The van der Waals surface area contributed by atoms with Gasteiger partial charge < -0.3 is 5.11 Å². The molecule has 0 fully saturated rings. The Balaban J connectivity index is 2.14. The summed E-state index contributed by atoms with van der Waals surface area (Å²) in [5, 5.41) is 23.7. The molecule has 112 valence electrons. The molecule has 2 N–H and O–H groups in total. The lowest BCUT2D eigenvalue weighted by atomic mass is 10.1. The molecule has 7 heteroatoms. The van der Waals surface area contributed by atoms with Crippen LogP contribution in [0.2, 0.25) is 0 Å². The smallest absolute Gasteiger partial charge is 0.335 e. The summed E-state index contributed by atoms with van der Waals surface area (Å²) >= 11 is 0. The third-order valence-electron chi connectivity index (χ3n) is 2.96. The number of nitro groups is 1. The molecule has 7 nitrogen and oxygen atoms in total. The zero-order chi connectivity index (χ0) is 16.1. The molecule has 0 amide bonds. The Kier molecular flexibility index (Phi) is 4.47. The number of hydrazone groups is 1. The van der Waals surface area contributed by atoms with Crippen molar-refractivity contribution >= 4 is 23.1 Å². The minimum absolute atomic E-state index is 0.00198. The van der Waals surface area contributed by atoms with Crippen LogP contribution < -0.4 is 5.43 Å². The number of carboxylic acid groups (broad SMARTS) is 1. The van der Waals surface area contributed by atoms with E-state index in [0.717, 1.165) is 0 Å². The average Bonchev–Trinajstić information content (AvgIpc) is 2.53. The molecule has 0 saturated heterocycles. The van der Waals surface area contributed by atoms with Crippen LogP contribution in [-0.4, -0.2) is 21.7 Å². The predicted octanol–water partition coefficient (Wildman–Crippen LogP) is 3.13. The first-order valence-electron chi connectivity index (χ1n) is 6.36. The summed E-state index contributed by atoms with van der Waals surface area (Å²) in [7, 11) is 0. The van der Waals surface area contributed by atoms with E-state index in [0.29, 0.717) is 17.0 Å². The molecular weight excluding hydrogens is 286 g/mol. The maximum atomic E-state index is 10.7. The van der Waals surface area contributed by atoms with Crippen LogP contribution in [0.25, 0.3) is 0 Å². The van der Waals surface area contributed by atoms with Crippen molar-refractivity contribution in [3.63, 3.8) is 0 Å². The van der Waals surface area contributed by atoms with Gasteiger partial charge in [-0.25, -0.2) is 4.79 Å². The van der Waals surface area contributed by atoms with E-state index in [1.165, 1.54) is 24.3 Å². The molecule has 2 aromatic rings. The van der Waals surface area contributed by atoms with Crippen LogP contribution in [0.5, 0.6) is 0 Å². The highest BCUT2D eigenvalue weighted by atomic mass is 16.6. The van der Waals surface area contributed by atoms with Gasteiger partial charge in [-0.15, -0.1) is 0 Å². The molecule has 0 aromatic heterocycles. The molecule has 22 heavy (non-hydrogen) atoms. The van der Waals surface area contributed by atoms with Gasteiger partial charge in [0.05, 0.1) is 21.9 Å². The molecule has 0 aliphatic rings. The molecule has 0 heterocycles. The van der Waals surface area contributed by atoms with Crippen molar-refractivity contribution in [3.05, 3.63) is 69.8 Å². The molecule has 0 spiro atoms. The number of rotatable bonds is 5. The number of hydrogen-bond acceptors (Lipinski definition) is 5. The summed E-state index contributed by atoms with van der Waals surface area (Å²) in [5.41, 5.74) is 4.79. The van der Waals surface area contributed by atoms with Gasteiger partial charge in [0.25, 0.3) is 5.69 Å². The van der Waals surface area contributed by atoms with Gasteiger partial charge in [-0.05, 0) is 31.2 Å². The van der Waals surface area contributed by atoms with Gasteiger partial charge in [-0.1, -0.05) is 12.1 Å². The highest BCUT2D eigenvalue weighted by Gasteiger charge is 2.07. The van der Waals surface area contributed by atoms with Gasteiger partial charge >= 0.3 is 5.97 Å². The van der Waals surface area contributed by atoms with Gasteiger partial charge in [0, 0.05) is 17.7 Å². The van der Waals surface area contributed by atoms with Crippen LogP contribution in [0.1, 0.15) is 22.8 Å². The van der Waals surface area contributed by atoms with Crippen LogP contribution in [0.3, 0.4) is 0 Å². The molecule has 0 bridgehead atoms. The van der Waals surface area contributed by atoms with Crippen molar-refractivity contribution in [3.8, 4) is 0 Å². The molecule has 0 saturated carbocycles. The first kappa shape index (κ1) is 15.2. The second-order valence-electron chi connectivity index (χ2n) is 4.50. The molecule has 2 rings (SSSR count). The normalized spacial score (nSPS) is 11.0. The summed E-state index contributed by atoms with van der Waals surface area (Å²) in [6, 6.07) is 12.3. The summed E-state index contributed by atoms with van der Waals surface area (Å²) in [4.78, 5) is 21.0. The Morgan fingerprint density at radius 3 is 2.45 bits per heavy atom. The monoisotopic (exact) mass is 299 g/mol. The lowest BCUT2D eigenvalue weighted by Gasteiger charge is -2.04. The van der Waals surface area contributed by atoms with Gasteiger partial charge in [0.1, 0.15) is 0 Å². The number of hydrogen-bond donors (Lipinski definition) is 2. The van der Waals surface area contributed by atoms with Crippen LogP contribution >= 0.6 is 0 Å². The standard InChI is InChI=1S/C15H13N3O4/c1-10(12-3-2-4-14(9-12)18(21)22)16-17-13-7-5-11(6-8-13)15(19)20/h2-9,17H,1H3,(H,19,20)/b16-10+. The number of benzene rings is 2. The zero-order valence-electron chi connectivity index (χ0n) is 11.7. The van der Waals surface area contributed by atoms with Crippen LogP contribution in [0, 0.1) is 10.1 Å². The lowest BCUT2D eigenvalue weighted by Crippen LogP contribution is -2.01. The molecule has 0 aliphatic carbocycles. The molecule has 2 aromatic carbocycles. The molecule has 0 aliphatic heterocycles. The number of non-ortho nitro benzene ring substituents is 1. The fraction of sp³-hybridized carbons (Fsp3) is 0.0667. The minimum atomic E-state index is -0.997. The van der Waals surface area contributed by atoms with Gasteiger partial charge in [-0.2, -0.15) is 5.10 Å². The summed E-state index contributed by atoms with van der Waals surface area (Å²) < 4.78 is 0. The predicted molar refractivity (Wildman–Crippen MR) is 82.3 cm³/mol. The average molecular weight is 299 g/mol. The molecular formula is C15H13N3O4. The van der Waals surface area contributed by atoms with Crippen LogP contribution in [-0.2, 0) is 0 Å². The van der Waals surface area contributed by atoms with E-state index in [-0.39, 0.29) is 11.3 Å². The highest BCUT2D eigenvalue weighted by Crippen LogP contribution is 2.14. The van der Waals surface area contributed by atoms with E-state index in [1.54, 1.807) is 31.2 Å².